The fraction of sp³-hybridized carbons (Fsp3) is 0.286. The van der Waals surface area contributed by atoms with Gasteiger partial charge in [0.15, 0.2) is 5.16 Å². The van der Waals surface area contributed by atoms with Crippen molar-refractivity contribution in [2.24, 2.45) is 0 Å². The molecule has 3 rings (SSSR count). The lowest BCUT2D eigenvalue weighted by Gasteiger charge is -2.18. The van der Waals surface area contributed by atoms with E-state index in [0.29, 0.717) is 28.3 Å². The zero-order valence-corrected chi connectivity index (χ0v) is 17.6. The van der Waals surface area contributed by atoms with Crippen LogP contribution < -0.4 is 10.5 Å². The van der Waals surface area contributed by atoms with Gasteiger partial charge in [0.1, 0.15) is 0 Å². The maximum absolute atomic E-state index is 12.9. The number of hydrogen-bond donors (Lipinski definition) is 0. The van der Waals surface area contributed by atoms with Crippen LogP contribution in [0.5, 0.6) is 0 Å². The maximum atomic E-state index is 12.9. The number of benzene rings is 2. The first kappa shape index (κ1) is 21.5. The van der Waals surface area contributed by atoms with Crippen LogP contribution in [-0.2, 0) is 11.3 Å². The van der Waals surface area contributed by atoms with Crippen LogP contribution in [0.4, 0.5) is 11.4 Å². The van der Waals surface area contributed by atoms with E-state index < -0.39 is 4.92 Å². The third kappa shape index (κ3) is 4.68. The van der Waals surface area contributed by atoms with E-state index in [1.165, 1.54) is 40.9 Å². The summed E-state index contributed by atoms with van der Waals surface area (Å²) < 4.78 is 1.63. The Labute approximate surface area is 177 Å². The lowest BCUT2D eigenvalue weighted by atomic mass is 10.2. The molecule has 3 aromatic rings. The number of rotatable bonds is 8. The van der Waals surface area contributed by atoms with Crippen molar-refractivity contribution in [1.82, 2.24) is 9.55 Å². The number of anilines is 1. The molecule has 9 heteroatoms. The van der Waals surface area contributed by atoms with Crippen molar-refractivity contribution >= 4 is 39.9 Å². The third-order valence-electron chi connectivity index (χ3n) is 4.71. The van der Waals surface area contributed by atoms with Crippen molar-refractivity contribution in [3.63, 3.8) is 0 Å². The number of hydrogen-bond acceptors (Lipinski definition) is 6. The molecule has 8 nitrogen and oxygen atoms in total. The van der Waals surface area contributed by atoms with E-state index in [4.69, 9.17) is 0 Å². The average molecular weight is 426 g/mol. The molecule has 1 amide bonds. The number of para-hydroxylation sites is 1. The molecule has 0 aliphatic carbocycles. The van der Waals surface area contributed by atoms with Gasteiger partial charge in [-0.25, -0.2) is 4.98 Å². The van der Waals surface area contributed by atoms with Crippen molar-refractivity contribution in [2.45, 2.75) is 31.5 Å². The lowest BCUT2D eigenvalue weighted by molar-refractivity contribution is -0.384. The monoisotopic (exact) mass is 426 g/mol. The van der Waals surface area contributed by atoms with E-state index in [0.717, 1.165) is 12.8 Å². The molecule has 0 unspecified atom stereocenters. The molecule has 2 aromatic carbocycles. The van der Waals surface area contributed by atoms with Crippen LogP contribution >= 0.6 is 11.8 Å². The summed E-state index contributed by atoms with van der Waals surface area (Å²) in [6, 6.07) is 13.0. The van der Waals surface area contributed by atoms with Crippen LogP contribution in [-0.4, -0.2) is 33.2 Å². The van der Waals surface area contributed by atoms with Gasteiger partial charge in [0.2, 0.25) is 5.91 Å². The summed E-state index contributed by atoms with van der Waals surface area (Å²) in [6.45, 7) is 2.59. The molecule has 156 valence electrons. The van der Waals surface area contributed by atoms with Gasteiger partial charge in [-0.15, -0.1) is 0 Å². The van der Waals surface area contributed by atoms with Crippen LogP contribution in [0.2, 0.25) is 0 Å². The summed E-state index contributed by atoms with van der Waals surface area (Å²) in [7, 11) is 1.61. The van der Waals surface area contributed by atoms with Crippen molar-refractivity contribution in [2.75, 3.05) is 17.7 Å². The fourth-order valence-electron chi connectivity index (χ4n) is 2.94. The summed E-state index contributed by atoms with van der Waals surface area (Å²) in [5, 5.41) is 11.9. The number of nitrogens with zero attached hydrogens (tertiary/aromatic N) is 4. The molecule has 0 saturated carbocycles. The smallest absolute Gasteiger partial charge is 0.269 e. The fourth-order valence-corrected chi connectivity index (χ4v) is 3.88. The first-order valence-corrected chi connectivity index (χ1v) is 10.5. The average Bonchev–Trinajstić information content (AvgIpc) is 2.76. The molecule has 1 aromatic heterocycles. The van der Waals surface area contributed by atoms with Gasteiger partial charge in [0.25, 0.3) is 11.2 Å². The van der Waals surface area contributed by atoms with Gasteiger partial charge in [0, 0.05) is 31.4 Å². The number of carbonyl (C=O) groups excluding carboxylic acids is 1. The number of thioether (sulfide) groups is 1. The predicted molar refractivity (Wildman–Crippen MR) is 118 cm³/mol. The molecule has 0 spiro atoms. The molecule has 1 heterocycles. The first-order valence-electron chi connectivity index (χ1n) is 9.55. The highest BCUT2D eigenvalue weighted by Crippen LogP contribution is 2.22. The van der Waals surface area contributed by atoms with Crippen molar-refractivity contribution in [3.05, 3.63) is 69.0 Å². The van der Waals surface area contributed by atoms with Gasteiger partial charge in [-0.1, -0.05) is 37.2 Å². The second-order valence-electron chi connectivity index (χ2n) is 6.74. The molecule has 0 atom stereocenters. The van der Waals surface area contributed by atoms with Crippen LogP contribution in [0.1, 0.15) is 19.8 Å². The molecule has 0 radical (unpaired) electrons. The Morgan fingerprint density at radius 3 is 2.57 bits per heavy atom. The van der Waals surface area contributed by atoms with Crippen LogP contribution in [0.25, 0.3) is 10.9 Å². The lowest BCUT2D eigenvalue weighted by Crippen LogP contribution is -2.29. The molecular weight excluding hydrogens is 404 g/mol. The Balaban J connectivity index is 1.80. The zero-order valence-electron chi connectivity index (χ0n) is 16.8. The highest BCUT2D eigenvalue weighted by atomic mass is 32.2. The van der Waals surface area contributed by atoms with Gasteiger partial charge in [-0.3, -0.25) is 24.3 Å². The minimum Gasteiger partial charge on any atom is -0.315 e. The summed E-state index contributed by atoms with van der Waals surface area (Å²) in [5.74, 6) is -0.108. The number of carbonyl (C=O) groups is 1. The van der Waals surface area contributed by atoms with E-state index in [2.05, 4.69) is 11.9 Å². The van der Waals surface area contributed by atoms with Gasteiger partial charge in [-0.05, 0) is 30.7 Å². The molecular formula is C21H22N4O4S. The Hall–Kier alpha value is -3.20. The summed E-state index contributed by atoms with van der Waals surface area (Å²) in [5.41, 5.74) is 1.02. The van der Waals surface area contributed by atoms with Crippen LogP contribution in [0, 0.1) is 10.1 Å². The van der Waals surface area contributed by atoms with Gasteiger partial charge < -0.3 is 4.90 Å². The molecule has 30 heavy (non-hydrogen) atoms. The van der Waals surface area contributed by atoms with E-state index in [-0.39, 0.29) is 22.9 Å². The number of nitro benzene ring substituents is 1. The Kier molecular flexibility index (Phi) is 6.83. The molecule has 0 fully saturated rings. The number of aromatic nitrogens is 2. The summed E-state index contributed by atoms with van der Waals surface area (Å²) in [4.78, 5) is 41.9. The van der Waals surface area contributed by atoms with Crippen molar-refractivity contribution in [1.29, 1.82) is 0 Å². The number of nitro groups is 1. The molecule has 0 aliphatic heterocycles. The van der Waals surface area contributed by atoms with E-state index >= 15 is 0 Å². The van der Waals surface area contributed by atoms with E-state index in [1.54, 1.807) is 23.7 Å². The SMILES string of the molecule is CCCCn1c(SCC(=O)N(C)c2ccc([N+](=O)[O-])cc2)nc2ccccc2c1=O. The summed E-state index contributed by atoms with van der Waals surface area (Å²) in [6.07, 6.45) is 1.77. The highest BCUT2D eigenvalue weighted by Gasteiger charge is 2.16. The van der Waals surface area contributed by atoms with Crippen LogP contribution in [0.3, 0.4) is 0 Å². The van der Waals surface area contributed by atoms with Crippen LogP contribution in [0.15, 0.2) is 58.5 Å². The Morgan fingerprint density at radius 2 is 1.90 bits per heavy atom. The number of non-ortho nitro benzene ring substituents is 1. The first-order chi connectivity index (χ1) is 14.4. The van der Waals surface area contributed by atoms with Gasteiger partial charge >= 0.3 is 0 Å². The molecule has 0 bridgehead atoms. The Bertz CT molecular complexity index is 1130. The van der Waals surface area contributed by atoms with Gasteiger partial charge in [-0.2, -0.15) is 0 Å². The number of fused-ring (bicyclic) bond motifs is 1. The predicted octanol–water partition coefficient (Wildman–Crippen LogP) is 3.86. The minimum absolute atomic E-state index is 0.0331. The quantitative estimate of drug-likeness (QED) is 0.235. The molecule has 0 aliphatic rings. The molecule has 0 saturated heterocycles. The molecule has 0 N–H and O–H groups in total. The van der Waals surface area contributed by atoms with Gasteiger partial charge in [0.05, 0.1) is 21.6 Å². The topological polar surface area (TPSA) is 98.3 Å². The van der Waals surface area contributed by atoms with Crippen molar-refractivity contribution in [3.8, 4) is 0 Å². The minimum atomic E-state index is -0.484. The van der Waals surface area contributed by atoms with E-state index in [9.17, 15) is 19.7 Å². The third-order valence-corrected chi connectivity index (χ3v) is 5.67. The standard InChI is InChI=1S/C21H22N4O4S/c1-3-4-13-24-20(27)17-7-5-6-8-18(17)22-21(24)30-14-19(26)23(2)15-9-11-16(12-10-15)25(28)29/h5-12H,3-4,13-14H2,1-2H3. The zero-order chi connectivity index (χ0) is 21.7. The largest absolute Gasteiger partial charge is 0.315 e. The second-order valence-corrected chi connectivity index (χ2v) is 7.68. The number of amides is 1. The Morgan fingerprint density at radius 1 is 1.20 bits per heavy atom. The maximum Gasteiger partial charge on any atom is 0.269 e. The number of unbranched alkanes of at least 4 members (excludes halogenated alkanes) is 1. The normalized spacial score (nSPS) is 10.9. The second kappa shape index (κ2) is 9.53. The highest BCUT2D eigenvalue weighted by molar-refractivity contribution is 7.99. The van der Waals surface area contributed by atoms with E-state index in [1.807, 2.05) is 12.1 Å². The van der Waals surface area contributed by atoms with Crippen molar-refractivity contribution < 1.29 is 9.72 Å². The summed E-state index contributed by atoms with van der Waals surface area (Å²) >= 11 is 1.22.